The van der Waals surface area contributed by atoms with Crippen LogP contribution in [-0.4, -0.2) is 19.5 Å². The summed E-state index contributed by atoms with van der Waals surface area (Å²) < 4.78 is 2.30. The smallest absolute Gasteiger partial charge is 0.0731 e. The van der Waals surface area contributed by atoms with E-state index in [0.29, 0.717) is 0 Å². The molecular formula is C37H24N4. The van der Waals surface area contributed by atoms with Crippen molar-refractivity contribution in [1.29, 1.82) is 0 Å². The molecule has 0 saturated heterocycles. The molecule has 8 aromatic rings. The molecule has 192 valence electrons. The molecule has 8 rings (SSSR count). The Balaban J connectivity index is 1.29. The lowest BCUT2D eigenvalue weighted by Gasteiger charge is -2.13. The first kappa shape index (κ1) is 23.3. The van der Waals surface area contributed by atoms with Crippen LogP contribution in [0.5, 0.6) is 0 Å². The number of benzene rings is 4. The molecule has 0 atom stereocenters. The van der Waals surface area contributed by atoms with Gasteiger partial charge in [-0.1, -0.05) is 72.8 Å². The summed E-state index contributed by atoms with van der Waals surface area (Å²) in [5.41, 5.74) is 9.60. The van der Waals surface area contributed by atoms with Gasteiger partial charge in [-0.3, -0.25) is 9.97 Å². The van der Waals surface area contributed by atoms with Gasteiger partial charge in [0.25, 0.3) is 0 Å². The molecule has 4 nitrogen and oxygen atoms in total. The summed E-state index contributed by atoms with van der Waals surface area (Å²) in [6.07, 6.45) is 7.47. The average molecular weight is 525 g/mol. The van der Waals surface area contributed by atoms with Gasteiger partial charge in [-0.25, -0.2) is 4.98 Å². The molecule has 0 unspecified atom stereocenters. The normalized spacial score (nSPS) is 11.4. The minimum Gasteiger partial charge on any atom is -0.309 e. The zero-order valence-electron chi connectivity index (χ0n) is 22.1. The Hall–Kier alpha value is -5.61. The second-order valence-corrected chi connectivity index (χ2v) is 10.2. The lowest BCUT2D eigenvalue weighted by atomic mass is 9.96. The maximum Gasteiger partial charge on any atom is 0.0731 e. The van der Waals surface area contributed by atoms with E-state index < -0.39 is 0 Å². The fourth-order valence-electron chi connectivity index (χ4n) is 5.85. The van der Waals surface area contributed by atoms with E-state index in [1.54, 1.807) is 6.20 Å². The number of pyridine rings is 3. The van der Waals surface area contributed by atoms with E-state index >= 15 is 0 Å². The number of hydrogen-bond acceptors (Lipinski definition) is 3. The molecule has 0 aliphatic carbocycles. The Morgan fingerprint density at radius 3 is 2.05 bits per heavy atom. The highest BCUT2D eigenvalue weighted by molar-refractivity contribution is 6.08. The highest BCUT2D eigenvalue weighted by Crippen LogP contribution is 2.35. The number of fused-ring (bicyclic) bond motifs is 4. The van der Waals surface area contributed by atoms with Gasteiger partial charge in [-0.05, 0) is 70.4 Å². The fraction of sp³-hybridized carbons (Fsp3) is 0. The number of para-hydroxylation sites is 1. The Labute approximate surface area is 237 Å². The van der Waals surface area contributed by atoms with Crippen molar-refractivity contribution in [2.24, 2.45) is 0 Å². The molecule has 0 aliphatic rings. The van der Waals surface area contributed by atoms with Gasteiger partial charge in [0.15, 0.2) is 0 Å². The van der Waals surface area contributed by atoms with Gasteiger partial charge in [0.05, 0.1) is 22.4 Å². The molecule has 41 heavy (non-hydrogen) atoms. The minimum atomic E-state index is 0.900. The second-order valence-electron chi connectivity index (χ2n) is 10.2. The zero-order valence-corrected chi connectivity index (χ0v) is 22.1. The van der Waals surface area contributed by atoms with Gasteiger partial charge in [-0.2, -0.15) is 0 Å². The Morgan fingerprint density at radius 1 is 0.463 bits per heavy atom. The Bertz CT molecular complexity index is 2140. The lowest BCUT2D eigenvalue weighted by Crippen LogP contribution is -1.95. The lowest BCUT2D eigenvalue weighted by molar-refractivity contribution is 1.17. The molecule has 0 amide bonds. The van der Waals surface area contributed by atoms with Gasteiger partial charge in [0.2, 0.25) is 0 Å². The van der Waals surface area contributed by atoms with Crippen LogP contribution in [0, 0.1) is 0 Å². The van der Waals surface area contributed by atoms with E-state index in [1.807, 2.05) is 24.7 Å². The van der Waals surface area contributed by atoms with Crippen molar-refractivity contribution in [2.45, 2.75) is 0 Å². The van der Waals surface area contributed by atoms with Crippen molar-refractivity contribution in [2.75, 3.05) is 0 Å². The van der Waals surface area contributed by atoms with Gasteiger partial charge in [0, 0.05) is 52.4 Å². The van der Waals surface area contributed by atoms with E-state index in [4.69, 9.17) is 4.98 Å². The molecule has 0 saturated carbocycles. The predicted octanol–water partition coefficient (Wildman–Crippen LogP) is 9.12. The van der Waals surface area contributed by atoms with Crippen molar-refractivity contribution in [3.63, 3.8) is 0 Å². The molecular weight excluding hydrogens is 500 g/mol. The third kappa shape index (κ3) is 3.97. The van der Waals surface area contributed by atoms with Crippen LogP contribution in [0.3, 0.4) is 0 Å². The number of nitrogens with zero attached hydrogens (tertiary/aromatic N) is 4. The van der Waals surface area contributed by atoms with Crippen molar-refractivity contribution < 1.29 is 0 Å². The van der Waals surface area contributed by atoms with Gasteiger partial charge < -0.3 is 4.57 Å². The quantitative estimate of drug-likeness (QED) is 0.231. The molecule has 0 N–H and O–H groups in total. The standard InChI is InChI=1S/C37H24N4/c1-2-10-30-25(7-1)8-5-12-31(30)28-21-34(40-35(22-28)27-9-6-19-38-23-27)26-14-16-29(17-15-26)41-36-13-4-3-11-32(36)33-24-39-20-18-37(33)41/h1-24H. The molecule has 0 radical (unpaired) electrons. The number of rotatable bonds is 4. The first-order chi connectivity index (χ1) is 20.3. The summed E-state index contributed by atoms with van der Waals surface area (Å²) in [4.78, 5) is 13.9. The summed E-state index contributed by atoms with van der Waals surface area (Å²) >= 11 is 0. The molecule has 4 heteroatoms. The maximum atomic E-state index is 5.12. The highest BCUT2D eigenvalue weighted by Gasteiger charge is 2.14. The first-order valence-electron chi connectivity index (χ1n) is 13.7. The second kappa shape index (κ2) is 9.54. The summed E-state index contributed by atoms with van der Waals surface area (Å²) in [7, 11) is 0. The zero-order chi connectivity index (χ0) is 27.2. The predicted molar refractivity (Wildman–Crippen MR) is 168 cm³/mol. The summed E-state index contributed by atoms with van der Waals surface area (Å²) in [5.74, 6) is 0. The van der Waals surface area contributed by atoms with E-state index in [-0.39, 0.29) is 0 Å². The SMILES string of the molecule is c1cncc(-c2cc(-c3cccc4ccccc34)cc(-c3ccc(-n4c5ccccc5c5cnccc54)cc3)n2)c1. The molecule has 4 aromatic carbocycles. The van der Waals surface area contributed by atoms with E-state index in [2.05, 4.69) is 130 Å². The minimum absolute atomic E-state index is 0.900. The van der Waals surface area contributed by atoms with Crippen LogP contribution in [0.2, 0.25) is 0 Å². The van der Waals surface area contributed by atoms with Crippen LogP contribution in [0.1, 0.15) is 0 Å². The van der Waals surface area contributed by atoms with Crippen LogP contribution in [-0.2, 0) is 0 Å². The summed E-state index contributed by atoms with van der Waals surface area (Å²) in [5, 5.41) is 4.79. The maximum absolute atomic E-state index is 5.12. The van der Waals surface area contributed by atoms with Crippen LogP contribution >= 0.6 is 0 Å². The fourth-order valence-corrected chi connectivity index (χ4v) is 5.85. The average Bonchev–Trinajstić information content (AvgIpc) is 3.39. The van der Waals surface area contributed by atoms with E-state index in [9.17, 15) is 0 Å². The van der Waals surface area contributed by atoms with Gasteiger partial charge >= 0.3 is 0 Å². The molecule has 0 bridgehead atoms. The van der Waals surface area contributed by atoms with Crippen molar-refractivity contribution in [1.82, 2.24) is 19.5 Å². The van der Waals surface area contributed by atoms with Gasteiger partial charge in [-0.15, -0.1) is 0 Å². The molecule has 4 aromatic heterocycles. The van der Waals surface area contributed by atoms with Crippen molar-refractivity contribution >= 4 is 32.6 Å². The molecule has 0 aliphatic heterocycles. The summed E-state index contributed by atoms with van der Waals surface area (Å²) in [6.45, 7) is 0. The number of aromatic nitrogens is 4. The third-order valence-electron chi connectivity index (χ3n) is 7.78. The topological polar surface area (TPSA) is 43.6 Å². The third-order valence-corrected chi connectivity index (χ3v) is 7.78. The van der Waals surface area contributed by atoms with Crippen molar-refractivity contribution in [3.05, 3.63) is 146 Å². The van der Waals surface area contributed by atoms with Crippen LogP contribution in [0.25, 0.3) is 71.9 Å². The van der Waals surface area contributed by atoms with E-state index in [1.165, 1.54) is 21.7 Å². The molecule has 0 fully saturated rings. The van der Waals surface area contributed by atoms with Crippen LogP contribution < -0.4 is 0 Å². The summed E-state index contributed by atoms with van der Waals surface area (Å²) in [6, 6.07) is 42.6. The number of hydrogen-bond donors (Lipinski definition) is 0. The van der Waals surface area contributed by atoms with Gasteiger partial charge in [0.1, 0.15) is 0 Å². The van der Waals surface area contributed by atoms with Crippen molar-refractivity contribution in [3.8, 4) is 39.3 Å². The Morgan fingerprint density at radius 2 is 1.20 bits per heavy atom. The highest BCUT2D eigenvalue weighted by atomic mass is 15.0. The first-order valence-corrected chi connectivity index (χ1v) is 13.7. The van der Waals surface area contributed by atoms with Crippen LogP contribution in [0.15, 0.2) is 146 Å². The molecule has 4 heterocycles. The monoisotopic (exact) mass is 524 g/mol. The Kier molecular flexibility index (Phi) is 5.42. The molecule has 0 spiro atoms. The largest absolute Gasteiger partial charge is 0.309 e. The van der Waals surface area contributed by atoms with E-state index in [0.717, 1.165) is 50.2 Å². The van der Waals surface area contributed by atoms with Crippen LogP contribution in [0.4, 0.5) is 0 Å².